The van der Waals surface area contributed by atoms with Gasteiger partial charge in [-0.2, -0.15) is 0 Å². The zero-order chi connectivity index (χ0) is 26.0. The highest BCUT2D eigenvalue weighted by molar-refractivity contribution is 6.30. The van der Waals surface area contributed by atoms with Gasteiger partial charge in [-0.25, -0.2) is 0 Å². The van der Waals surface area contributed by atoms with Crippen LogP contribution in [0.1, 0.15) is 78.1 Å². The zero-order valence-electron chi connectivity index (χ0n) is 21.2. The molecule has 0 heterocycles. The summed E-state index contributed by atoms with van der Waals surface area (Å²) in [7, 11) is 0. The number of allylic oxidation sites excluding steroid dienone is 3. The minimum Gasteiger partial charge on any atom is -0.493 e. The van der Waals surface area contributed by atoms with Crippen molar-refractivity contribution < 1.29 is 24.2 Å². The van der Waals surface area contributed by atoms with Crippen LogP contribution in [-0.2, 0) is 14.4 Å². The Bertz CT molecular complexity index is 705. The SMILES string of the molecule is C/C=C\CCCC.Clc1cccc(OCC/C=C/C2CCCC2)c1.O=COCCCCO[N+](=O)[O-]. The van der Waals surface area contributed by atoms with Gasteiger partial charge in [0.15, 0.2) is 0 Å². The summed E-state index contributed by atoms with van der Waals surface area (Å²) < 4.78 is 9.95. The van der Waals surface area contributed by atoms with Gasteiger partial charge < -0.3 is 14.3 Å². The standard InChI is InChI=1S/C15H19ClO.C7H14.C5H9NO5/c16-14-9-5-10-15(12-14)17-11-4-3-8-13-6-1-2-7-13;1-3-5-7-6-4-2;7-5-10-3-1-2-4-11-6(8)9/h3,5,8-10,12-13H,1-2,4,6-7,11H2;3,5H,4,6-7H2,1-2H3;5H,1-4H2/b8-3+;5-3-;. The molecule has 0 spiro atoms. The lowest BCUT2D eigenvalue weighted by Crippen LogP contribution is -2.03. The molecule has 0 atom stereocenters. The Morgan fingerprint density at radius 1 is 1.09 bits per heavy atom. The van der Waals surface area contributed by atoms with Crippen LogP contribution in [0.3, 0.4) is 0 Å². The van der Waals surface area contributed by atoms with E-state index in [-0.39, 0.29) is 13.2 Å². The van der Waals surface area contributed by atoms with Crippen LogP contribution in [0.5, 0.6) is 5.75 Å². The van der Waals surface area contributed by atoms with E-state index in [1.807, 2.05) is 24.3 Å². The van der Waals surface area contributed by atoms with E-state index in [4.69, 9.17) is 16.3 Å². The first-order valence-electron chi connectivity index (χ1n) is 12.5. The van der Waals surface area contributed by atoms with Crippen LogP contribution in [0, 0.1) is 16.0 Å². The minimum atomic E-state index is -0.847. The molecule has 0 aliphatic heterocycles. The van der Waals surface area contributed by atoms with Crippen LogP contribution in [0.2, 0.25) is 5.02 Å². The summed E-state index contributed by atoms with van der Waals surface area (Å²) >= 11 is 5.88. The van der Waals surface area contributed by atoms with Gasteiger partial charge >= 0.3 is 0 Å². The molecule has 1 aromatic rings. The van der Waals surface area contributed by atoms with E-state index < -0.39 is 5.09 Å². The van der Waals surface area contributed by atoms with Crippen molar-refractivity contribution in [1.82, 2.24) is 0 Å². The number of hydrogen-bond donors (Lipinski definition) is 0. The van der Waals surface area contributed by atoms with E-state index in [9.17, 15) is 14.9 Å². The Balaban J connectivity index is 0.000000555. The second kappa shape index (κ2) is 24.6. The van der Waals surface area contributed by atoms with E-state index >= 15 is 0 Å². The van der Waals surface area contributed by atoms with Gasteiger partial charge in [-0.3, -0.25) is 4.79 Å². The van der Waals surface area contributed by atoms with E-state index in [2.05, 4.69) is 47.7 Å². The van der Waals surface area contributed by atoms with Crippen molar-refractivity contribution in [2.24, 2.45) is 5.92 Å². The van der Waals surface area contributed by atoms with Crippen LogP contribution in [0.25, 0.3) is 0 Å². The molecular formula is C27H42ClNO6. The van der Waals surface area contributed by atoms with Crippen LogP contribution in [0.15, 0.2) is 48.6 Å². The summed E-state index contributed by atoms with van der Waals surface area (Å²) in [5.74, 6) is 1.67. The molecule has 2 rings (SSSR count). The highest BCUT2D eigenvalue weighted by Crippen LogP contribution is 2.25. The average Bonchev–Trinajstić information content (AvgIpc) is 3.36. The van der Waals surface area contributed by atoms with Crippen molar-refractivity contribution in [3.05, 3.63) is 63.7 Å². The largest absolute Gasteiger partial charge is 0.493 e. The molecule has 7 nitrogen and oxygen atoms in total. The maximum atomic E-state index is 9.58. The molecule has 198 valence electrons. The fourth-order valence-corrected chi connectivity index (χ4v) is 3.38. The first-order chi connectivity index (χ1) is 17.0. The van der Waals surface area contributed by atoms with Gasteiger partial charge in [-0.1, -0.05) is 74.6 Å². The number of benzene rings is 1. The maximum Gasteiger partial charge on any atom is 0.294 e. The zero-order valence-corrected chi connectivity index (χ0v) is 22.0. The first kappa shape index (κ1) is 32.5. The molecule has 1 aliphatic rings. The van der Waals surface area contributed by atoms with Crippen LogP contribution < -0.4 is 4.74 Å². The lowest BCUT2D eigenvalue weighted by Gasteiger charge is -2.05. The maximum absolute atomic E-state index is 9.58. The Labute approximate surface area is 215 Å². The van der Waals surface area contributed by atoms with Crippen LogP contribution >= 0.6 is 11.6 Å². The number of nitrogens with zero attached hydrogens (tertiary/aromatic N) is 1. The van der Waals surface area contributed by atoms with Gasteiger partial charge in [0.05, 0.1) is 19.8 Å². The lowest BCUT2D eigenvalue weighted by molar-refractivity contribution is -0.757. The quantitative estimate of drug-likeness (QED) is 0.0785. The molecule has 0 radical (unpaired) electrons. The number of rotatable bonds is 15. The van der Waals surface area contributed by atoms with E-state index in [0.717, 1.165) is 29.7 Å². The number of carbonyl (C=O) groups is 1. The molecule has 1 saturated carbocycles. The lowest BCUT2D eigenvalue weighted by atomic mass is 10.1. The molecule has 0 aromatic heterocycles. The number of ether oxygens (including phenoxy) is 2. The third-order valence-electron chi connectivity index (χ3n) is 5.04. The molecule has 1 fully saturated rings. The van der Waals surface area contributed by atoms with Crippen LogP contribution in [-0.4, -0.2) is 31.4 Å². The molecule has 1 aliphatic carbocycles. The molecule has 0 N–H and O–H groups in total. The molecule has 0 amide bonds. The van der Waals surface area contributed by atoms with Gasteiger partial charge in [-0.15, -0.1) is 10.1 Å². The molecule has 35 heavy (non-hydrogen) atoms. The van der Waals surface area contributed by atoms with E-state index in [0.29, 0.717) is 19.3 Å². The fraction of sp³-hybridized carbons (Fsp3) is 0.593. The fourth-order valence-electron chi connectivity index (χ4n) is 3.20. The Morgan fingerprint density at radius 2 is 1.83 bits per heavy atom. The molecule has 8 heteroatoms. The second-order valence-corrected chi connectivity index (χ2v) is 8.45. The second-order valence-electron chi connectivity index (χ2n) is 8.01. The normalized spacial score (nSPS) is 13.0. The summed E-state index contributed by atoms with van der Waals surface area (Å²) in [6.07, 6.45) is 20.4. The Hall–Kier alpha value is -2.54. The highest BCUT2D eigenvalue weighted by atomic mass is 35.5. The van der Waals surface area contributed by atoms with Crippen molar-refractivity contribution in [3.8, 4) is 5.75 Å². The van der Waals surface area contributed by atoms with Crippen LogP contribution in [0.4, 0.5) is 0 Å². The predicted octanol–water partition coefficient (Wildman–Crippen LogP) is 7.76. The Morgan fingerprint density at radius 3 is 2.46 bits per heavy atom. The van der Waals surface area contributed by atoms with Crippen molar-refractivity contribution in [2.45, 2.75) is 78.1 Å². The average molecular weight is 512 g/mol. The number of hydrogen-bond acceptors (Lipinski definition) is 6. The summed E-state index contributed by atoms with van der Waals surface area (Å²) in [5.41, 5.74) is 0. The third kappa shape index (κ3) is 23.0. The van der Waals surface area contributed by atoms with Crippen molar-refractivity contribution >= 4 is 18.1 Å². The van der Waals surface area contributed by atoms with Gasteiger partial charge in [0.2, 0.25) is 0 Å². The summed E-state index contributed by atoms with van der Waals surface area (Å²) in [4.78, 5) is 23.2. The highest BCUT2D eigenvalue weighted by Gasteiger charge is 2.10. The molecule has 0 saturated heterocycles. The van der Waals surface area contributed by atoms with Gasteiger partial charge in [-0.05, 0) is 69.6 Å². The van der Waals surface area contributed by atoms with Gasteiger partial charge in [0, 0.05) is 5.02 Å². The minimum absolute atomic E-state index is 0.0508. The molecular weight excluding hydrogens is 470 g/mol. The van der Waals surface area contributed by atoms with Crippen molar-refractivity contribution in [1.29, 1.82) is 0 Å². The topological polar surface area (TPSA) is 87.9 Å². The summed E-state index contributed by atoms with van der Waals surface area (Å²) in [5, 5.41) is 9.46. The molecule has 1 aromatic carbocycles. The summed E-state index contributed by atoms with van der Waals surface area (Å²) in [6, 6.07) is 7.55. The smallest absolute Gasteiger partial charge is 0.294 e. The van der Waals surface area contributed by atoms with E-state index in [1.165, 1.54) is 44.9 Å². The Kier molecular flexibility index (Phi) is 22.8. The monoisotopic (exact) mass is 511 g/mol. The number of halogens is 1. The first-order valence-corrected chi connectivity index (χ1v) is 12.9. The van der Waals surface area contributed by atoms with Gasteiger partial charge in [0.1, 0.15) is 5.75 Å². The van der Waals surface area contributed by atoms with E-state index in [1.54, 1.807) is 0 Å². The van der Waals surface area contributed by atoms with Gasteiger partial charge in [0.25, 0.3) is 11.6 Å². The molecule has 0 bridgehead atoms. The van der Waals surface area contributed by atoms with Crippen molar-refractivity contribution in [3.63, 3.8) is 0 Å². The summed E-state index contributed by atoms with van der Waals surface area (Å²) in [6.45, 7) is 5.68. The number of carbonyl (C=O) groups excluding carboxylic acids is 1. The number of unbranched alkanes of at least 4 members (excludes halogenated alkanes) is 3. The molecule has 0 unspecified atom stereocenters. The predicted molar refractivity (Wildman–Crippen MR) is 141 cm³/mol. The van der Waals surface area contributed by atoms with Crippen molar-refractivity contribution in [2.75, 3.05) is 19.8 Å². The third-order valence-corrected chi connectivity index (χ3v) is 5.27.